The lowest BCUT2D eigenvalue weighted by molar-refractivity contribution is -0.144. The zero-order chi connectivity index (χ0) is 13.2. The van der Waals surface area contributed by atoms with Crippen LogP contribution in [0.1, 0.15) is 25.8 Å². The Kier molecular flexibility index (Phi) is 7.11. The van der Waals surface area contributed by atoms with Gasteiger partial charge >= 0.3 is 5.97 Å². The first-order valence-corrected chi connectivity index (χ1v) is 6.68. The van der Waals surface area contributed by atoms with Gasteiger partial charge in [0.25, 0.3) is 0 Å². The molecule has 18 heavy (non-hydrogen) atoms. The molecule has 0 heterocycles. The van der Waals surface area contributed by atoms with E-state index in [1.165, 1.54) is 5.56 Å². The summed E-state index contributed by atoms with van der Waals surface area (Å²) in [6, 6.07) is 10.4. The number of esters is 1. The molecule has 0 fully saturated rings. The van der Waals surface area contributed by atoms with Crippen LogP contribution in [-0.2, 0) is 16.0 Å². The van der Waals surface area contributed by atoms with Crippen LogP contribution in [0.25, 0.3) is 0 Å². The smallest absolute Gasteiger partial charge is 0.320 e. The second kappa shape index (κ2) is 8.70. The minimum Gasteiger partial charge on any atom is -0.465 e. The first-order valence-electron chi connectivity index (χ1n) is 6.68. The summed E-state index contributed by atoms with van der Waals surface area (Å²) < 4.78 is 4.96. The Balaban J connectivity index is 2.25. The van der Waals surface area contributed by atoms with Crippen LogP contribution >= 0.6 is 0 Å². The molecule has 0 atom stereocenters. The third-order valence-electron chi connectivity index (χ3n) is 2.89. The number of carbonyl (C=O) groups excluding carboxylic acids is 1. The maximum atomic E-state index is 11.4. The number of nitrogens with zero attached hydrogens (tertiary/aromatic N) is 1. The number of benzene rings is 1. The zero-order valence-electron chi connectivity index (χ0n) is 11.4. The molecule has 0 aliphatic heterocycles. The number of carbonyl (C=O) groups is 1. The summed E-state index contributed by atoms with van der Waals surface area (Å²) in [6.07, 6.45) is 2.12. The maximum Gasteiger partial charge on any atom is 0.320 e. The van der Waals surface area contributed by atoms with Crippen molar-refractivity contribution in [3.8, 4) is 0 Å². The summed E-state index contributed by atoms with van der Waals surface area (Å²) in [5.74, 6) is -0.126. The molecule has 0 N–H and O–H groups in total. The van der Waals surface area contributed by atoms with Crippen molar-refractivity contribution in [1.82, 2.24) is 4.90 Å². The van der Waals surface area contributed by atoms with Crippen molar-refractivity contribution in [3.05, 3.63) is 35.9 Å². The van der Waals surface area contributed by atoms with Crippen LogP contribution in [0.5, 0.6) is 0 Å². The van der Waals surface area contributed by atoms with Crippen LogP contribution < -0.4 is 0 Å². The second-order valence-corrected chi connectivity index (χ2v) is 4.26. The number of hydrogen-bond donors (Lipinski definition) is 0. The summed E-state index contributed by atoms with van der Waals surface area (Å²) in [5.41, 5.74) is 1.35. The molecule has 0 amide bonds. The Hall–Kier alpha value is -1.35. The molecule has 0 aliphatic carbocycles. The molecule has 0 aromatic heterocycles. The fraction of sp³-hybridized carbons (Fsp3) is 0.533. The van der Waals surface area contributed by atoms with Crippen LogP contribution in [0.3, 0.4) is 0 Å². The average molecular weight is 249 g/mol. The van der Waals surface area contributed by atoms with Crippen LogP contribution in [0.2, 0.25) is 0 Å². The number of aryl methyl sites for hydroxylation is 1. The van der Waals surface area contributed by atoms with Gasteiger partial charge in [-0.15, -0.1) is 0 Å². The van der Waals surface area contributed by atoms with Gasteiger partial charge in [0.15, 0.2) is 0 Å². The number of ether oxygens (including phenoxy) is 1. The van der Waals surface area contributed by atoms with Crippen LogP contribution in [0, 0.1) is 0 Å². The third-order valence-corrected chi connectivity index (χ3v) is 2.89. The van der Waals surface area contributed by atoms with Crippen molar-refractivity contribution in [2.24, 2.45) is 0 Å². The lowest BCUT2D eigenvalue weighted by Crippen LogP contribution is -2.32. The fourth-order valence-electron chi connectivity index (χ4n) is 1.89. The Morgan fingerprint density at radius 2 is 1.94 bits per heavy atom. The van der Waals surface area contributed by atoms with Crippen molar-refractivity contribution < 1.29 is 9.53 Å². The van der Waals surface area contributed by atoms with Gasteiger partial charge in [-0.05, 0) is 38.4 Å². The van der Waals surface area contributed by atoms with E-state index in [4.69, 9.17) is 4.74 Å². The minimum atomic E-state index is -0.126. The molecular weight excluding hydrogens is 226 g/mol. The summed E-state index contributed by atoms with van der Waals surface area (Å²) in [6.45, 7) is 6.59. The van der Waals surface area contributed by atoms with Crippen molar-refractivity contribution in [2.45, 2.75) is 26.7 Å². The minimum absolute atomic E-state index is 0.126. The van der Waals surface area contributed by atoms with E-state index >= 15 is 0 Å². The zero-order valence-corrected chi connectivity index (χ0v) is 11.4. The predicted molar refractivity (Wildman–Crippen MR) is 73.5 cm³/mol. The van der Waals surface area contributed by atoms with E-state index in [9.17, 15) is 4.79 Å². The van der Waals surface area contributed by atoms with Crippen molar-refractivity contribution >= 4 is 5.97 Å². The van der Waals surface area contributed by atoms with E-state index in [2.05, 4.69) is 36.1 Å². The van der Waals surface area contributed by atoms with E-state index in [-0.39, 0.29) is 5.97 Å². The highest BCUT2D eigenvalue weighted by Gasteiger charge is 2.09. The van der Waals surface area contributed by atoms with Crippen molar-refractivity contribution in [1.29, 1.82) is 0 Å². The molecule has 100 valence electrons. The Morgan fingerprint density at radius 3 is 2.56 bits per heavy atom. The van der Waals surface area contributed by atoms with E-state index in [1.807, 2.05) is 13.0 Å². The van der Waals surface area contributed by atoms with Crippen LogP contribution in [0.4, 0.5) is 0 Å². The highest BCUT2D eigenvalue weighted by molar-refractivity contribution is 5.71. The lowest BCUT2D eigenvalue weighted by Gasteiger charge is -2.18. The predicted octanol–water partition coefficient (Wildman–Crippen LogP) is 2.50. The van der Waals surface area contributed by atoms with Gasteiger partial charge in [-0.3, -0.25) is 9.69 Å². The van der Waals surface area contributed by atoms with E-state index < -0.39 is 0 Å². The Labute approximate surface area is 110 Å². The molecule has 0 bridgehead atoms. The van der Waals surface area contributed by atoms with Crippen molar-refractivity contribution in [3.63, 3.8) is 0 Å². The average Bonchev–Trinajstić information content (AvgIpc) is 2.39. The molecule has 0 saturated carbocycles. The summed E-state index contributed by atoms with van der Waals surface area (Å²) >= 11 is 0. The summed E-state index contributed by atoms with van der Waals surface area (Å²) in [5, 5.41) is 0. The standard InChI is InChI=1S/C15H23NO2/c1-3-16(13-15(17)18-4-2)12-8-11-14-9-6-5-7-10-14/h5-7,9-10H,3-4,8,11-13H2,1-2H3. The number of rotatable bonds is 8. The molecule has 0 spiro atoms. The SMILES string of the molecule is CCOC(=O)CN(CC)CCCc1ccccc1. The number of likely N-dealkylation sites (N-methyl/N-ethyl adjacent to an activating group) is 1. The quantitative estimate of drug-likeness (QED) is 0.663. The normalized spacial score (nSPS) is 10.6. The molecule has 0 unspecified atom stereocenters. The molecule has 0 saturated heterocycles. The van der Waals surface area contributed by atoms with Gasteiger partial charge in [0.05, 0.1) is 13.2 Å². The molecular formula is C15H23NO2. The molecule has 1 rings (SSSR count). The molecule has 1 aromatic carbocycles. The lowest BCUT2D eigenvalue weighted by atomic mass is 10.1. The molecule has 0 aliphatic rings. The number of hydrogen-bond acceptors (Lipinski definition) is 3. The van der Waals surface area contributed by atoms with Crippen LogP contribution in [-0.4, -0.2) is 37.1 Å². The highest BCUT2D eigenvalue weighted by atomic mass is 16.5. The first-order chi connectivity index (χ1) is 8.76. The van der Waals surface area contributed by atoms with E-state index in [0.29, 0.717) is 13.2 Å². The summed E-state index contributed by atoms with van der Waals surface area (Å²) in [7, 11) is 0. The van der Waals surface area contributed by atoms with Gasteiger partial charge in [0, 0.05) is 0 Å². The molecule has 0 radical (unpaired) electrons. The van der Waals surface area contributed by atoms with Gasteiger partial charge in [-0.2, -0.15) is 0 Å². The van der Waals surface area contributed by atoms with Crippen LogP contribution in [0.15, 0.2) is 30.3 Å². The van der Waals surface area contributed by atoms with Gasteiger partial charge in [0.2, 0.25) is 0 Å². The van der Waals surface area contributed by atoms with Gasteiger partial charge in [-0.25, -0.2) is 0 Å². The Bertz CT molecular complexity index is 338. The van der Waals surface area contributed by atoms with Crippen molar-refractivity contribution in [2.75, 3.05) is 26.2 Å². The second-order valence-electron chi connectivity index (χ2n) is 4.26. The van der Waals surface area contributed by atoms with Gasteiger partial charge < -0.3 is 4.74 Å². The topological polar surface area (TPSA) is 29.5 Å². The monoisotopic (exact) mass is 249 g/mol. The van der Waals surface area contributed by atoms with E-state index in [0.717, 1.165) is 25.9 Å². The summed E-state index contributed by atoms with van der Waals surface area (Å²) in [4.78, 5) is 13.5. The van der Waals surface area contributed by atoms with E-state index in [1.54, 1.807) is 0 Å². The molecule has 1 aromatic rings. The fourth-order valence-corrected chi connectivity index (χ4v) is 1.89. The first kappa shape index (κ1) is 14.7. The molecule has 3 nitrogen and oxygen atoms in total. The maximum absolute atomic E-state index is 11.4. The largest absolute Gasteiger partial charge is 0.465 e. The Morgan fingerprint density at radius 1 is 1.22 bits per heavy atom. The highest BCUT2D eigenvalue weighted by Crippen LogP contribution is 2.03. The molecule has 3 heteroatoms. The van der Waals surface area contributed by atoms with Gasteiger partial charge in [0.1, 0.15) is 0 Å². The third kappa shape index (κ3) is 5.82. The van der Waals surface area contributed by atoms with Gasteiger partial charge in [-0.1, -0.05) is 37.3 Å².